The van der Waals surface area contributed by atoms with Crippen molar-refractivity contribution < 1.29 is 0 Å². The standard InChI is InChI=1S/C18H18N2/c1-3-19-18-12-17(14-7-5-4-6-8-14)20-16-10-9-13(2)11-15(16)18/h4-12H,3H2,1-2H3,(H,19,20). The zero-order chi connectivity index (χ0) is 13.9. The summed E-state index contributed by atoms with van der Waals surface area (Å²) in [5.74, 6) is 0. The Morgan fingerprint density at radius 1 is 1.00 bits per heavy atom. The summed E-state index contributed by atoms with van der Waals surface area (Å²) >= 11 is 0. The van der Waals surface area contributed by atoms with Crippen molar-refractivity contribution in [1.82, 2.24) is 4.98 Å². The molecule has 1 heterocycles. The molecule has 2 heteroatoms. The first-order valence-corrected chi connectivity index (χ1v) is 6.98. The monoisotopic (exact) mass is 262 g/mol. The van der Waals surface area contributed by atoms with Gasteiger partial charge in [0.25, 0.3) is 0 Å². The molecular formula is C18H18N2. The highest BCUT2D eigenvalue weighted by Gasteiger charge is 2.07. The lowest BCUT2D eigenvalue weighted by Gasteiger charge is -2.11. The number of fused-ring (bicyclic) bond motifs is 1. The van der Waals surface area contributed by atoms with Crippen LogP contribution >= 0.6 is 0 Å². The van der Waals surface area contributed by atoms with E-state index in [1.165, 1.54) is 10.9 Å². The van der Waals surface area contributed by atoms with E-state index < -0.39 is 0 Å². The first kappa shape index (κ1) is 12.7. The van der Waals surface area contributed by atoms with Crippen molar-refractivity contribution in [1.29, 1.82) is 0 Å². The van der Waals surface area contributed by atoms with Crippen molar-refractivity contribution in [3.63, 3.8) is 0 Å². The summed E-state index contributed by atoms with van der Waals surface area (Å²) in [6, 6.07) is 18.8. The minimum Gasteiger partial charge on any atom is -0.385 e. The highest BCUT2D eigenvalue weighted by molar-refractivity contribution is 5.94. The van der Waals surface area contributed by atoms with Crippen molar-refractivity contribution in [2.75, 3.05) is 11.9 Å². The van der Waals surface area contributed by atoms with E-state index in [0.717, 1.165) is 29.0 Å². The average Bonchev–Trinajstić information content (AvgIpc) is 2.49. The maximum atomic E-state index is 4.79. The Bertz CT molecular complexity index is 733. The fourth-order valence-corrected chi connectivity index (χ4v) is 2.43. The third-order valence-electron chi connectivity index (χ3n) is 3.40. The summed E-state index contributed by atoms with van der Waals surface area (Å²) < 4.78 is 0. The second kappa shape index (κ2) is 5.33. The Morgan fingerprint density at radius 2 is 1.80 bits per heavy atom. The number of pyridine rings is 1. The SMILES string of the molecule is CCNc1cc(-c2ccccc2)nc2ccc(C)cc12. The van der Waals surface area contributed by atoms with Crippen LogP contribution in [0.15, 0.2) is 54.6 Å². The number of nitrogens with one attached hydrogen (secondary N) is 1. The number of anilines is 1. The van der Waals surface area contributed by atoms with Crippen LogP contribution in [0.1, 0.15) is 12.5 Å². The summed E-state index contributed by atoms with van der Waals surface area (Å²) in [5.41, 5.74) is 5.60. The number of nitrogens with zero attached hydrogens (tertiary/aromatic N) is 1. The fourth-order valence-electron chi connectivity index (χ4n) is 2.43. The van der Waals surface area contributed by atoms with Crippen molar-refractivity contribution in [2.45, 2.75) is 13.8 Å². The molecule has 3 aromatic rings. The number of hydrogen-bond donors (Lipinski definition) is 1. The largest absolute Gasteiger partial charge is 0.385 e. The Kier molecular flexibility index (Phi) is 3.38. The first-order valence-electron chi connectivity index (χ1n) is 6.98. The fraction of sp³-hybridized carbons (Fsp3) is 0.167. The van der Waals surface area contributed by atoms with Gasteiger partial charge in [0.05, 0.1) is 11.2 Å². The van der Waals surface area contributed by atoms with Crippen LogP contribution in [0.5, 0.6) is 0 Å². The van der Waals surface area contributed by atoms with Crippen molar-refractivity contribution in [2.24, 2.45) is 0 Å². The van der Waals surface area contributed by atoms with E-state index in [9.17, 15) is 0 Å². The predicted molar refractivity (Wildman–Crippen MR) is 86.1 cm³/mol. The van der Waals surface area contributed by atoms with Gasteiger partial charge in [-0.15, -0.1) is 0 Å². The van der Waals surface area contributed by atoms with E-state index in [1.807, 2.05) is 18.2 Å². The topological polar surface area (TPSA) is 24.9 Å². The summed E-state index contributed by atoms with van der Waals surface area (Å²) in [6.45, 7) is 5.13. The number of aryl methyl sites for hydroxylation is 1. The molecule has 1 N–H and O–H groups in total. The highest BCUT2D eigenvalue weighted by Crippen LogP contribution is 2.28. The second-order valence-electron chi connectivity index (χ2n) is 4.97. The molecule has 0 aliphatic rings. The van der Waals surface area contributed by atoms with E-state index >= 15 is 0 Å². The average molecular weight is 262 g/mol. The molecule has 0 bridgehead atoms. The van der Waals surface area contributed by atoms with Crippen LogP contribution in [-0.2, 0) is 0 Å². The van der Waals surface area contributed by atoms with Crippen LogP contribution in [0.2, 0.25) is 0 Å². The van der Waals surface area contributed by atoms with E-state index in [4.69, 9.17) is 4.98 Å². The van der Waals surface area contributed by atoms with Crippen molar-refractivity contribution in [3.05, 3.63) is 60.2 Å². The van der Waals surface area contributed by atoms with Gasteiger partial charge in [-0.1, -0.05) is 42.0 Å². The second-order valence-corrected chi connectivity index (χ2v) is 4.97. The smallest absolute Gasteiger partial charge is 0.0730 e. The molecule has 0 radical (unpaired) electrons. The molecule has 3 rings (SSSR count). The van der Waals surface area contributed by atoms with Crippen LogP contribution in [-0.4, -0.2) is 11.5 Å². The molecule has 0 atom stereocenters. The van der Waals surface area contributed by atoms with Crippen LogP contribution < -0.4 is 5.32 Å². The molecule has 0 saturated carbocycles. The van der Waals surface area contributed by atoms with Gasteiger partial charge in [0.1, 0.15) is 0 Å². The number of aromatic nitrogens is 1. The Balaban J connectivity index is 2.23. The van der Waals surface area contributed by atoms with Crippen molar-refractivity contribution in [3.8, 4) is 11.3 Å². The van der Waals surface area contributed by atoms with E-state index in [1.54, 1.807) is 0 Å². The quantitative estimate of drug-likeness (QED) is 0.743. The summed E-state index contributed by atoms with van der Waals surface area (Å²) in [7, 11) is 0. The van der Waals surface area contributed by atoms with Gasteiger partial charge in [-0.2, -0.15) is 0 Å². The van der Waals surface area contributed by atoms with Gasteiger partial charge in [0.15, 0.2) is 0 Å². The van der Waals surface area contributed by atoms with Crippen molar-refractivity contribution >= 4 is 16.6 Å². The molecule has 100 valence electrons. The lowest BCUT2D eigenvalue weighted by molar-refractivity contribution is 1.21. The number of hydrogen-bond acceptors (Lipinski definition) is 2. The first-order chi connectivity index (χ1) is 9.78. The Morgan fingerprint density at radius 3 is 2.55 bits per heavy atom. The normalized spacial score (nSPS) is 10.7. The van der Waals surface area contributed by atoms with E-state index in [2.05, 4.69) is 55.6 Å². The zero-order valence-corrected chi connectivity index (χ0v) is 11.9. The lowest BCUT2D eigenvalue weighted by atomic mass is 10.1. The van der Waals surface area contributed by atoms with E-state index in [0.29, 0.717) is 0 Å². The van der Waals surface area contributed by atoms with Crippen LogP contribution in [0.4, 0.5) is 5.69 Å². The third kappa shape index (κ3) is 2.37. The molecule has 1 aromatic heterocycles. The molecule has 0 spiro atoms. The van der Waals surface area contributed by atoms with Crippen LogP contribution in [0.25, 0.3) is 22.2 Å². The maximum Gasteiger partial charge on any atom is 0.0730 e. The molecule has 2 aromatic carbocycles. The third-order valence-corrected chi connectivity index (χ3v) is 3.40. The van der Waals surface area contributed by atoms with Gasteiger partial charge in [-0.05, 0) is 32.0 Å². The summed E-state index contributed by atoms with van der Waals surface area (Å²) in [5, 5.41) is 4.63. The van der Waals surface area contributed by atoms with Gasteiger partial charge in [0, 0.05) is 23.2 Å². The van der Waals surface area contributed by atoms with Gasteiger partial charge >= 0.3 is 0 Å². The molecule has 0 aliphatic carbocycles. The van der Waals surface area contributed by atoms with Gasteiger partial charge < -0.3 is 5.32 Å². The number of benzene rings is 2. The molecule has 20 heavy (non-hydrogen) atoms. The maximum absolute atomic E-state index is 4.79. The highest BCUT2D eigenvalue weighted by atomic mass is 14.9. The van der Waals surface area contributed by atoms with E-state index in [-0.39, 0.29) is 0 Å². The summed E-state index contributed by atoms with van der Waals surface area (Å²) in [4.78, 5) is 4.79. The molecule has 0 fully saturated rings. The van der Waals surface area contributed by atoms with Gasteiger partial charge in [-0.3, -0.25) is 0 Å². The van der Waals surface area contributed by atoms with Crippen LogP contribution in [0, 0.1) is 6.92 Å². The Labute approximate surface area is 119 Å². The predicted octanol–water partition coefficient (Wildman–Crippen LogP) is 4.64. The molecule has 0 unspecified atom stereocenters. The molecular weight excluding hydrogens is 244 g/mol. The van der Waals surface area contributed by atoms with Crippen LogP contribution in [0.3, 0.4) is 0 Å². The summed E-state index contributed by atoms with van der Waals surface area (Å²) in [6.07, 6.45) is 0. The molecule has 2 nitrogen and oxygen atoms in total. The zero-order valence-electron chi connectivity index (χ0n) is 11.9. The van der Waals surface area contributed by atoms with Gasteiger partial charge in [0.2, 0.25) is 0 Å². The minimum absolute atomic E-state index is 0.904. The minimum atomic E-state index is 0.904. The number of rotatable bonds is 3. The molecule has 0 aliphatic heterocycles. The molecule has 0 amide bonds. The lowest BCUT2D eigenvalue weighted by Crippen LogP contribution is -1.99. The molecule has 0 saturated heterocycles. The van der Waals surface area contributed by atoms with Gasteiger partial charge in [-0.25, -0.2) is 4.98 Å². The Hall–Kier alpha value is -2.35.